The summed E-state index contributed by atoms with van der Waals surface area (Å²) in [7, 11) is 0. The monoisotopic (exact) mass is 365 g/mol. The zero-order valence-electron chi connectivity index (χ0n) is 15.6. The van der Waals surface area contributed by atoms with Gasteiger partial charge in [-0.1, -0.05) is 61.4 Å². The first-order chi connectivity index (χ1) is 13.2. The maximum Gasteiger partial charge on any atom is 0.341 e. The summed E-state index contributed by atoms with van der Waals surface area (Å²) in [5.41, 5.74) is 2.91. The van der Waals surface area contributed by atoms with Crippen LogP contribution in [-0.4, -0.2) is 35.7 Å². The SMILES string of the molecule is O=C(O)COc1ccccc1CN1CC(c2ccccc2)C2(CCCC2)C1. The molecule has 0 aromatic heterocycles. The average molecular weight is 365 g/mol. The normalized spacial score (nSPS) is 21.6. The molecule has 1 atom stereocenters. The van der Waals surface area contributed by atoms with Crippen LogP contribution in [0.2, 0.25) is 0 Å². The number of hydrogen-bond donors (Lipinski definition) is 1. The molecule has 0 bridgehead atoms. The lowest BCUT2D eigenvalue weighted by atomic mass is 9.73. The number of benzene rings is 2. The van der Waals surface area contributed by atoms with E-state index < -0.39 is 5.97 Å². The van der Waals surface area contributed by atoms with Crippen molar-refractivity contribution < 1.29 is 14.6 Å². The topological polar surface area (TPSA) is 49.8 Å². The first-order valence-electron chi connectivity index (χ1n) is 9.86. The van der Waals surface area contributed by atoms with Crippen molar-refractivity contribution in [1.29, 1.82) is 0 Å². The largest absolute Gasteiger partial charge is 0.482 e. The van der Waals surface area contributed by atoms with Gasteiger partial charge in [0, 0.05) is 31.1 Å². The van der Waals surface area contributed by atoms with Crippen molar-refractivity contribution in [2.45, 2.75) is 38.1 Å². The molecule has 1 spiro atoms. The summed E-state index contributed by atoms with van der Waals surface area (Å²) < 4.78 is 5.51. The summed E-state index contributed by atoms with van der Waals surface area (Å²) in [6.45, 7) is 2.67. The zero-order valence-corrected chi connectivity index (χ0v) is 15.6. The Hall–Kier alpha value is -2.33. The molecule has 1 saturated heterocycles. The summed E-state index contributed by atoms with van der Waals surface area (Å²) in [5, 5.41) is 8.91. The highest BCUT2D eigenvalue weighted by Gasteiger charge is 2.48. The number of carboxylic acids is 1. The maximum atomic E-state index is 10.9. The van der Waals surface area contributed by atoms with Crippen molar-refractivity contribution in [1.82, 2.24) is 4.90 Å². The number of rotatable bonds is 6. The average Bonchev–Trinajstić information content (AvgIpc) is 3.29. The second kappa shape index (κ2) is 7.73. The van der Waals surface area contributed by atoms with Gasteiger partial charge < -0.3 is 9.84 Å². The zero-order chi connectivity index (χ0) is 18.7. The first-order valence-corrected chi connectivity index (χ1v) is 9.86. The Morgan fingerprint density at radius 3 is 2.52 bits per heavy atom. The number of aliphatic carboxylic acids is 1. The Balaban J connectivity index is 1.53. The van der Waals surface area contributed by atoms with Crippen molar-refractivity contribution >= 4 is 5.97 Å². The molecule has 4 nitrogen and oxygen atoms in total. The molecular weight excluding hydrogens is 338 g/mol. The van der Waals surface area contributed by atoms with Crippen LogP contribution in [0.5, 0.6) is 5.75 Å². The van der Waals surface area contributed by atoms with Crippen LogP contribution in [0.1, 0.15) is 42.7 Å². The Kier molecular flexibility index (Phi) is 5.17. The fourth-order valence-corrected chi connectivity index (χ4v) is 5.08. The lowest BCUT2D eigenvalue weighted by Crippen LogP contribution is -2.26. The summed E-state index contributed by atoms with van der Waals surface area (Å²) >= 11 is 0. The van der Waals surface area contributed by atoms with Gasteiger partial charge in [-0.2, -0.15) is 0 Å². The molecule has 1 heterocycles. The molecule has 2 fully saturated rings. The van der Waals surface area contributed by atoms with E-state index in [4.69, 9.17) is 9.84 Å². The highest BCUT2D eigenvalue weighted by molar-refractivity contribution is 5.68. The summed E-state index contributed by atoms with van der Waals surface area (Å²) in [6, 6.07) is 18.8. The summed E-state index contributed by atoms with van der Waals surface area (Å²) in [6.07, 6.45) is 5.27. The quantitative estimate of drug-likeness (QED) is 0.829. The number of hydrogen-bond acceptors (Lipinski definition) is 3. The van der Waals surface area contributed by atoms with Crippen LogP contribution in [-0.2, 0) is 11.3 Å². The van der Waals surface area contributed by atoms with Crippen LogP contribution in [0, 0.1) is 5.41 Å². The van der Waals surface area contributed by atoms with Gasteiger partial charge in [0.1, 0.15) is 5.75 Å². The number of likely N-dealkylation sites (tertiary alicyclic amines) is 1. The molecule has 142 valence electrons. The third kappa shape index (κ3) is 3.86. The van der Waals surface area contributed by atoms with Gasteiger partial charge in [0.2, 0.25) is 0 Å². The third-order valence-corrected chi connectivity index (χ3v) is 6.24. The Labute approximate surface area is 160 Å². The van der Waals surface area contributed by atoms with E-state index in [1.54, 1.807) is 0 Å². The predicted octanol–water partition coefficient (Wildman–Crippen LogP) is 4.31. The standard InChI is InChI=1S/C23H27NO3/c25-22(26)16-27-21-11-5-4-10-19(21)14-24-15-20(18-8-2-1-3-9-18)23(17-24)12-6-7-13-23/h1-5,8-11,20H,6-7,12-17H2,(H,25,26). The summed E-state index contributed by atoms with van der Waals surface area (Å²) in [5.74, 6) is 0.317. The van der Waals surface area contributed by atoms with Gasteiger partial charge in [-0.25, -0.2) is 4.79 Å². The maximum absolute atomic E-state index is 10.9. The summed E-state index contributed by atoms with van der Waals surface area (Å²) in [4.78, 5) is 13.4. The van der Waals surface area contributed by atoms with E-state index in [2.05, 4.69) is 35.2 Å². The number of carbonyl (C=O) groups is 1. The van der Waals surface area contributed by atoms with Crippen LogP contribution in [0.3, 0.4) is 0 Å². The van der Waals surface area contributed by atoms with E-state index in [0.717, 1.165) is 25.2 Å². The fourth-order valence-electron chi connectivity index (χ4n) is 5.08. The molecule has 1 N–H and O–H groups in total. The number of carboxylic acid groups (broad SMARTS) is 1. The molecule has 0 radical (unpaired) electrons. The van der Waals surface area contributed by atoms with Crippen molar-refractivity contribution in [3.05, 3.63) is 65.7 Å². The second-order valence-electron chi connectivity index (χ2n) is 7.99. The van der Waals surface area contributed by atoms with E-state index in [9.17, 15) is 4.79 Å². The lowest BCUT2D eigenvalue weighted by molar-refractivity contribution is -0.139. The Bertz CT molecular complexity index is 783. The third-order valence-electron chi connectivity index (χ3n) is 6.24. The molecular formula is C23H27NO3. The lowest BCUT2D eigenvalue weighted by Gasteiger charge is -2.30. The second-order valence-corrected chi connectivity index (χ2v) is 7.99. The Morgan fingerprint density at radius 2 is 1.78 bits per heavy atom. The minimum Gasteiger partial charge on any atom is -0.482 e. The van der Waals surface area contributed by atoms with E-state index in [1.165, 1.54) is 31.2 Å². The van der Waals surface area contributed by atoms with Crippen LogP contribution in [0.25, 0.3) is 0 Å². The number of nitrogens with zero attached hydrogens (tertiary/aromatic N) is 1. The first kappa shape index (κ1) is 18.1. The van der Waals surface area contributed by atoms with E-state index >= 15 is 0 Å². The van der Waals surface area contributed by atoms with Crippen LogP contribution < -0.4 is 4.74 Å². The van der Waals surface area contributed by atoms with Crippen LogP contribution in [0.4, 0.5) is 0 Å². The minimum atomic E-state index is -0.944. The van der Waals surface area contributed by atoms with Crippen molar-refractivity contribution in [2.24, 2.45) is 5.41 Å². The number of ether oxygens (including phenoxy) is 1. The highest BCUT2D eigenvalue weighted by Crippen LogP contribution is 2.53. The molecule has 1 aliphatic carbocycles. The van der Waals surface area contributed by atoms with Gasteiger partial charge in [0.15, 0.2) is 6.61 Å². The van der Waals surface area contributed by atoms with Gasteiger partial charge in [-0.05, 0) is 29.9 Å². The molecule has 27 heavy (non-hydrogen) atoms. The van der Waals surface area contributed by atoms with Crippen LogP contribution in [0.15, 0.2) is 54.6 Å². The fraction of sp³-hybridized carbons (Fsp3) is 0.435. The molecule has 2 aliphatic rings. The number of para-hydroxylation sites is 1. The predicted molar refractivity (Wildman–Crippen MR) is 105 cm³/mol. The Morgan fingerprint density at radius 1 is 1.07 bits per heavy atom. The van der Waals surface area contributed by atoms with E-state index in [0.29, 0.717) is 17.1 Å². The van der Waals surface area contributed by atoms with E-state index in [1.807, 2.05) is 24.3 Å². The highest BCUT2D eigenvalue weighted by atomic mass is 16.5. The van der Waals surface area contributed by atoms with Crippen molar-refractivity contribution in [3.63, 3.8) is 0 Å². The minimum absolute atomic E-state index is 0.298. The van der Waals surface area contributed by atoms with E-state index in [-0.39, 0.29) is 6.61 Å². The van der Waals surface area contributed by atoms with Crippen LogP contribution >= 0.6 is 0 Å². The van der Waals surface area contributed by atoms with Crippen molar-refractivity contribution in [2.75, 3.05) is 19.7 Å². The van der Waals surface area contributed by atoms with Gasteiger partial charge in [-0.3, -0.25) is 4.90 Å². The van der Waals surface area contributed by atoms with Gasteiger partial charge in [-0.15, -0.1) is 0 Å². The smallest absolute Gasteiger partial charge is 0.341 e. The molecule has 2 aromatic rings. The molecule has 2 aromatic carbocycles. The molecule has 1 aliphatic heterocycles. The van der Waals surface area contributed by atoms with Gasteiger partial charge in [0.25, 0.3) is 0 Å². The van der Waals surface area contributed by atoms with Crippen molar-refractivity contribution in [3.8, 4) is 5.75 Å². The molecule has 4 heteroatoms. The van der Waals surface area contributed by atoms with Gasteiger partial charge >= 0.3 is 5.97 Å². The molecule has 4 rings (SSSR count). The molecule has 0 amide bonds. The molecule has 1 saturated carbocycles. The molecule has 1 unspecified atom stereocenters. The van der Waals surface area contributed by atoms with Gasteiger partial charge in [0.05, 0.1) is 0 Å².